The molecule has 0 spiro atoms. The highest BCUT2D eigenvalue weighted by Gasteiger charge is 2.31. The molecule has 1 heterocycles. The van der Waals surface area contributed by atoms with Crippen LogP contribution in [-0.4, -0.2) is 35.8 Å². The van der Waals surface area contributed by atoms with Gasteiger partial charge in [-0.3, -0.25) is 0 Å². The number of benzene rings is 1. The average Bonchev–Trinajstić information content (AvgIpc) is 2.37. The minimum atomic E-state index is -0.767. The fraction of sp³-hybridized carbons (Fsp3) is 0.647. The van der Waals surface area contributed by atoms with E-state index in [1.807, 2.05) is 51.1 Å². The van der Waals surface area contributed by atoms with Crippen molar-refractivity contribution in [3.8, 4) is 0 Å². The van der Waals surface area contributed by atoms with E-state index >= 15 is 0 Å². The van der Waals surface area contributed by atoms with E-state index in [1.54, 1.807) is 0 Å². The molecule has 0 radical (unpaired) electrons. The first-order valence-electron chi connectivity index (χ1n) is 7.55. The zero-order valence-electron chi connectivity index (χ0n) is 13.1. The molecule has 0 aliphatic carbocycles. The van der Waals surface area contributed by atoms with E-state index in [2.05, 4.69) is 0 Å². The molecule has 1 aromatic carbocycles. The van der Waals surface area contributed by atoms with Gasteiger partial charge in [-0.15, -0.1) is 0 Å². The Hall–Kier alpha value is -0.940. The Kier molecular flexibility index (Phi) is 5.76. The van der Waals surface area contributed by atoms with Crippen LogP contribution >= 0.6 is 0 Å². The van der Waals surface area contributed by atoms with E-state index in [0.717, 1.165) is 12.0 Å². The van der Waals surface area contributed by atoms with Crippen molar-refractivity contribution in [1.29, 1.82) is 0 Å². The third kappa shape index (κ3) is 6.14. The fourth-order valence-corrected chi connectivity index (χ4v) is 2.53. The van der Waals surface area contributed by atoms with Gasteiger partial charge < -0.3 is 19.3 Å². The Morgan fingerprint density at radius 1 is 1.19 bits per heavy atom. The standard InChI is InChI=1S/C17H26O4/c1-17(2,3)21-14-9-15(20-16(18)10-14)12-19-11-13-7-5-4-6-8-13/h4-8,14-16,18H,9-12H2,1-3H3/t14-,15-,16+/m1/s1. The minimum absolute atomic E-state index is 0.0130. The van der Waals surface area contributed by atoms with Crippen LogP contribution in [0.1, 0.15) is 39.2 Å². The summed E-state index contributed by atoms with van der Waals surface area (Å²) < 4.78 is 17.2. The largest absolute Gasteiger partial charge is 0.374 e. The van der Waals surface area contributed by atoms with Crippen molar-refractivity contribution in [1.82, 2.24) is 0 Å². The molecule has 118 valence electrons. The average molecular weight is 294 g/mol. The molecule has 1 fully saturated rings. The number of aliphatic hydroxyl groups is 1. The monoisotopic (exact) mass is 294 g/mol. The zero-order chi connectivity index (χ0) is 15.3. The normalized spacial score (nSPS) is 26.8. The Labute approximate surface area is 127 Å². The lowest BCUT2D eigenvalue weighted by Gasteiger charge is -2.36. The van der Waals surface area contributed by atoms with Crippen LogP contribution in [0.4, 0.5) is 0 Å². The zero-order valence-corrected chi connectivity index (χ0v) is 13.1. The van der Waals surface area contributed by atoms with Crippen LogP contribution in [0, 0.1) is 0 Å². The highest BCUT2D eigenvalue weighted by Crippen LogP contribution is 2.25. The van der Waals surface area contributed by atoms with Crippen molar-refractivity contribution in [2.24, 2.45) is 0 Å². The second-order valence-corrected chi connectivity index (χ2v) is 6.54. The molecule has 21 heavy (non-hydrogen) atoms. The molecule has 0 amide bonds. The van der Waals surface area contributed by atoms with Gasteiger partial charge in [0.2, 0.25) is 0 Å². The van der Waals surface area contributed by atoms with Crippen LogP contribution in [0.15, 0.2) is 30.3 Å². The van der Waals surface area contributed by atoms with Crippen LogP contribution < -0.4 is 0 Å². The van der Waals surface area contributed by atoms with E-state index in [9.17, 15) is 5.11 Å². The second-order valence-electron chi connectivity index (χ2n) is 6.54. The first kappa shape index (κ1) is 16.4. The molecule has 1 saturated heterocycles. The van der Waals surface area contributed by atoms with E-state index in [4.69, 9.17) is 14.2 Å². The first-order chi connectivity index (χ1) is 9.92. The Bertz CT molecular complexity index is 413. The second kappa shape index (κ2) is 7.36. The third-order valence-electron chi connectivity index (χ3n) is 3.28. The highest BCUT2D eigenvalue weighted by molar-refractivity contribution is 5.13. The van der Waals surface area contributed by atoms with Crippen LogP contribution in [0.3, 0.4) is 0 Å². The molecule has 1 aliphatic rings. The van der Waals surface area contributed by atoms with Gasteiger partial charge in [0.25, 0.3) is 0 Å². The van der Waals surface area contributed by atoms with Gasteiger partial charge in [0.15, 0.2) is 6.29 Å². The molecule has 3 atom stereocenters. The summed E-state index contributed by atoms with van der Waals surface area (Å²) >= 11 is 0. The first-order valence-corrected chi connectivity index (χ1v) is 7.55. The molecule has 1 N–H and O–H groups in total. The SMILES string of the molecule is CC(C)(C)O[C@@H]1C[C@H](COCc2ccccc2)O[C@H](O)C1. The van der Waals surface area contributed by atoms with Crippen LogP contribution in [0.5, 0.6) is 0 Å². The maximum Gasteiger partial charge on any atom is 0.157 e. The van der Waals surface area contributed by atoms with Gasteiger partial charge in [-0.1, -0.05) is 30.3 Å². The van der Waals surface area contributed by atoms with Crippen molar-refractivity contribution < 1.29 is 19.3 Å². The highest BCUT2D eigenvalue weighted by atomic mass is 16.6. The topological polar surface area (TPSA) is 47.9 Å². The molecular weight excluding hydrogens is 268 g/mol. The third-order valence-corrected chi connectivity index (χ3v) is 3.28. The molecule has 4 nitrogen and oxygen atoms in total. The van der Waals surface area contributed by atoms with Crippen molar-refractivity contribution in [3.05, 3.63) is 35.9 Å². The lowest BCUT2D eigenvalue weighted by Crippen LogP contribution is -2.42. The van der Waals surface area contributed by atoms with Gasteiger partial charge in [0.1, 0.15) is 0 Å². The molecule has 0 unspecified atom stereocenters. The summed E-state index contributed by atoms with van der Waals surface area (Å²) in [4.78, 5) is 0. The molecule has 1 aliphatic heterocycles. The molecule has 0 aromatic heterocycles. The summed E-state index contributed by atoms with van der Waals surface area (Å²) in [7, 11) is 0. The Morgan fingerprint density at radius 3 is 2.57 bits per heavy atom. The van der Waals surface area contributed by atoms with Crippen LogP contribution in [0.2, 0.25) is 0 Å². The lowest BCUT2D eigenvalue weighted by molar-refractivity contribution is -0.223. The number of ether oxygens (including phenoxy) is 3. The van der Waals surface area contributed by atoms with Gasteiger partial charge in [-0.25, -0.2) is 0 Å². The Balaban J connectivity index is 1.77. The maximum absolute atomic E-state index is 9.81. The lowest BCUT2D eigenvalue weighted by atomic mass is 10.0. The van der Waals surface area contributed by atoms with E-state index in [-0.39, 0.29) is 17.8 Å². The maximum atomic E-state index is 9.81. The number of hydrogen-bond donors (Lipinski definition) is 1. The van der Waals surface area contributed by atoms with E-state index in [0.29, 0.717) is 19.6 Å². The predicted octanol–water partition coefficient (Wildman–Crippen LogP) is 2.88. The summed E-state index contributed by atoms with van der Waals surface area (Å²) in [5, 5.41) is 9.81. The van der Waals surface area contributed by atoms with Crippen LogP contribution in [0.25, 0.3) is 0 Å². The van der Waals surface area contributed by atoms with Gasteiger partial charge >= 0.3 is 0 Å². The van der Waals surface area contributed by atoms with Crippen LogP contribution in [-0.2, 0) is 20.8 Å². The molecule has 2 rings (SSSR count). The van der Waals surface area contributed by atoms with Gasteiger partial charge in [-0.05, 0) is 26.3 Å². The number of hydrogen-bond acceptors (Lipinski definition) is 4. The number of aliphatic hydroxyl groups excluding tert-OH is 1. The summed E-state index contributed by atoms with van der Waals surface area (Å²) in [6.07, 6.45) is 0.399. The summed E-state index contributed by atoms with van der Waals surface area (Å²) in [6, 6.07) is 10.0. The van der Waals surface area contributed by atoms with Crippen molar-refractivity contribution in [2.75, 3.05) is 6.61 Å². The Morgan fingerprint density at radius 2 is 1.90 bits per heavy atom. The van der Waals surface area contributed by atoms with Crippen molar-refractivity contribution in [2.45, 2.75) is 64.3 Å². The van der Waals surface area contributed by atoms with E-state index < -0.39 is 6.29 Å². The predicted molar refractivity (Wildman–Crippen MR) is 80.8 cm³/mol. The minimum Gasteiger partial charge on any atom is -0.374 e. The summed E-state index contributed by atoms with van der Waals surface area (Å²) in [5.74, 6) is 0. The summed E-state index contributed by atoms with van der Waals surface area (Å²) in [5.41, 5.74) is 0.924. The van der Waals surface area contributed by atoms with Crippen molar-refractivity contribution in [3.63, 3.8) is 0 Å². The quantitative estimate of drug-likeness (QED) is 0.907. The molecule has 4 heteroatoms. The van der Waals surface area contributed by atoms with Gasteiger partial charge in [0.05, 0.1) is 31.0 Å². The number of rotatable bonds is 5. The molecule has 0 saturated carbocycles. The molecule has 0 bridgehead atoms. The van der Waals surface area contributed by atoms with Gasteiger partial charge in [0, 0.05) is 12.8 Å². The van der Waals surface area contributed by atoms with Crippen molar-refractivity contribution >= 4 is 0 Å². The molecule has 1 aromatic rings. The summed E-state index contributed by atoms with van der Waals surface area (Å²) in [6.45, 7) is 7.10. The smallest absolute Gasteiger partial charge is 0.157 e. The fourth-order valence-electron chi connectivity index (χ4n) is 2.53. The van der Waals surface area contributed by atoms with Gasteiger partial charge in [-0.2, -0.15) is 0 Å². The van der Waals surface area contributed by atoms with E-state index in [1.165, 1.54) is 0 Å². The molecular formula is C17H26O4.